The van der Waals surface area contributed by atoms with Gasteiger partial charge in [-0.1, -0.05) is 31.2 Å². The fourth-order valence-corrected chi connectivity index (χ4v) is 4.60. The molecule has 154 valence electrons. The number of hydrazone groups is 1. The number of nitrogens with one attached hydrogen (secondary N) is 2. The van der Waals surface area contributed by atoms with Crippen LogP contribution in [0.1, 0.15) is 43.7 Å². The van der Waals surface area contributed by atoms with Crippen molar-refractivity contribution < 1.29 is 9.59 Å². The quantitative estimate of drug-likeness (QED) is 0.564. The van der Waals surface area contributed by atoms with Gasteiger partial charge in [-0.2, -0.15) is 5.10 Å². The van der Waals surface area contributed by atoms with Crippen molar-refractivity contribution in [3.63, 3.8) is 0 Å². The number of Topliss-reactive ketones (excluding diaryl/α,β-unsaturated/α-hetero) is 1. The van der Waals surface area contributed by atoms with Crippen molar-refractivity contribution in [3.05, 3.63) is 74.5 Å². The summed E-state index contributed by atoms with van der Waals surface area (Å²) in [5.41, 5.74) is 8.49. The van der Waals surface area contributed by atoms with Crippen molar-refractivity contribution in [3.8, 4) is 0 Å². The van der Waals surface area contributed by atoms with E-state index >= 15 is 0 Å². The van der Waals surface area contributed by atoms with Crippen LogP contribution in [0.5, 0.6) is 0 Å². The molecule has 1 amide bonds. The smallest absolute Gasteiger partial charge is 0.240 e. The molecular weight excluding hydrogens is 489 g/mol. The Morgan fingerprint density at radius 2 is 1.93 bits per heavy atom. The van der Waals surface area contributed by atoms with Crippen LogP contribution in [0.3, 0.4) is 0 Å². The Labute approximate surface area is 190 Å². The standard InChI is InChI=1S/C24H24IN3O2/c1-15-12-23(30)27-28-24(15)17-8-10-19(11-9-17)26-21-6-3-7-22(29)20(21)14-16-4-2-5-18(25)13-16/h2,4-5,8-11,13,15,26H,3,6-7,12,14H2,1H3,(H,27,30)/t15-/m1/s1. The van der Waals surface area contributed by atoms with E-state index in [4.69, 9.17) is 0 Å². The highest BCUT2D eigenvalue weighted by Crippen LogP contribution is 2.27. The van der Waals surface area contributed by atoms with Crippen molar-refractivity contribution in [1.82, 2.24) is 5.43 Å². The Hall–Kier alpha value is -2.48. The molecule has 0 fully saturated rings. The van der Waals surface area contributed by atoms with Crippen LogP contribution in [0.4, 0.5) is 5.69 Å². The predicted octanol–water partition coefficient (Wildman–Crippen LogP) is 4.81. The second-order valence-electron chi connectivity index (χ2n) is 7.88. The first kappa shape index (κ1) is 20.8. The molecule has 0 unspecified atom stereocenters. The molecular formula is C24H24IN3O2. The molecule has 0 bridgehead atoms. The lowest BCUT2D eigenvalue weighted by Gasteiger charge is -2.22. The van der Waals surface area contributed by atoms with E-state index in [0.717, 1.165) is 46.6 Å². The molecule has 2 N–H and O–H groups in total. The highest BCUT2D eigenvalue weighted by Gasteiger charge is 2.23. The maximum absolute atomic E-state index is 12.7. The molecule has 6 heteroatoms. The van der Waals surface area contributed by atoms with Crippen molar-refractivity contribution >= 4 is 45.7 Å². The molecule has 0 saturated carbocycles. The van der Waals surface area contributed by atoms with E-state index in [1.165, 1.54) is 3.57 Å². The monoisotopic (exact) mass is 513 g/mol. The third-order valence-electron chi connectivity index (χ3n) is 5.54. The second kappa shape index (κ2) is 9.12. The number of benzene rings is 2. The Kier molecular flexibility index (Phi) is 6.32. The molecule has 1 heterocycles. The average Bonchev–Trinajstić information content (AvgIpc) is 2.71. The zero-order valence-electron chi connectivity index (χ0n) is 16.9. The minimum atomic E-state index is -0.0425. The van der Waals surface area contributed by atoms with Crippen molar-refractivity contribution in [2.45, 2.75) is 39.0 Å². The Morgan fingerprint density at radius 3 is 2.67 bits per heavy atom. The largest absolute Gasteiger partial charge is 0.359 e. The third kappa shape index (κ3) is 4.80. The molecule has 0 spiro atoms. The molecule has 2 aromatic rings. The molecule has 2 aromatic carbocycles. The van der Waals surface area contributed by atoms with Crippen LogP contribution in [-0.2, 0) is 16.0 Å². The lowest BCUT2D eigenvalue weighted by atomic mass is 9.90. The van der Waals surface area contributed by atoms with Gasteiger partial charge >= 0.3 is 0 Å². The van der Waals surface area contributed by atoms with Gasteiger partial charge in [0.1, 0.15) is 0 Å². The summed E-state index contributed by atoms with van der Waals surface area (Å²) in [4.78, 5) is 24.1. The molecule has 1 atom stereocenters. The maximum Gasteiger partial charge on any atom is 0.240 e. The van der Waals surface area contributed by atoms with Gasteiger partial charge in [0.15, 0.2) is 5.78 Å². The predicted molar refractivity (Wildman–Crippen MR) is 127 cm³/mol. The van der Waals surface area contributed by atoms with Gasteiger partial charge in [0, 0.05) is 45.7 Å². The lowest BCUT2D eigenvalue weighted by molar-refractivity contribution is -0.122. The van der Waals surface area contributed by atoms with E-state index in [2.05, 4.69) is 56.6 Å². The number of allylic oxidation sites excluding steroid dienone is 2. The number of rotatable bonds is 5. The molecule has 30 heavy (non-hydrogen) atoms. The summed E-state index contributed by atoms with van der Waals surface area (Å²) in [6.45, 7) is 2.01. The first-order valence-corrected chi connectivity index (χ1v) is 11.3. The normalized spacial score (nSPS) is 19.4. The highest BCUT2D eigenvalue weighted by molar-refractivity contribution is 14.1. The SMILES string of the molecule is C[C@@H]1CC(=O)NN=C1c1ccc(NC2=C(Cc3cccc(I)c3)C(=O)CCC2)cc1. The first-order valence-electron chi connectivity index (χ1n) is 10.2. The summed E-state index contributed by atoms with van der Waals surface area (Å²) in [6.07, 6.45) is 3.48. The molecule has 1 aliphatic carbocycles. The van der Waals surface area contributed by atoms with Crippen molar-refractivity contribution in [2.24, 2.45) is 11.0 Å². The Morgan fingerprint density at radius 1 is 1.13 bits per heavy atom. The second-order valence-corrected chi connectivity index (χ2v) is 9.13. The van der Waals surface area contributed by atoms with E-state index in [0.29, 0.717) is 19.3 Å². The summed E-state index contributed by atoms with van der Waals surface area (Å²) in [5, 5.41) is 7.72. The summed E-state index contributed by atoms with van der Waals surface area (Å²) in [5.74, 6) is 0.288. The maximum atomic E-state index is 12.7. The number of nitrogens with zero attached hydrogens (tertiary/aromatic N) is 1. The van der Waals surface area contributed by atoms with Gasteiger partial charge in [-0.05, 0) is 70.8 Å². The van der Waals surface area contributed by atoms with Crippen LogP contribution in [0.15, 0.2) is 64.9 Å². The average molecular weight is 513 g/mol. The molecule has 1 aliphatic heterocycles. The topological polar surface area (TPSA) is 70.6 Å². The van der Waals surface area contributed by atoms with E-state index in [1.807, 2.05) is 37.3 Å². The zero-order chi connectivity index (χ0) is 21.1. The fourth-order valence-electron chi connectivity index (χ4n) is 3.99. The van der Waals surface area contributed by atoms with Gasteiger partial charge in [-0.3, -0.25) is 9.59 Å². The molecule has 5 nitrogen and oxygen atoms in total. The summed E-state index contributed by atoms with van der Waals surface area (Å²) >= 11 is 2.30. The number of carbonyl (C=O) groups is 2. The van der Waals surface area contributed by atoms with Gasteiger partial charge in [0.05, 0.1) is 5.71 Å². The minimum absolute atomic E-state index is 0.0425. The summed E-state index contributed by atoms with van der Waals surface area (Å²) in [7, 11) is 0. The number of carbonyl (C=O) groups excluding carboxylic acids is 2. The van der Waals surface area contributed by atoms with Crippen LogP contribution >= 0.6 is 22.6 Å². The number of hydrogen-bond acceptors (Lipinski definition) is 4. The van der Waals surface area contributed by atoms with Crippen molar-refractivity contribution in [1.29, 1.82) is 0 Å². The molecule has 0 saturated heterocycles. The van der Waals surface area contributed by atoms with Crippen LogP contribution in [0.25, 0.3) is 0 Å². The van der Waals surface area contributed by atoms with Crippen LogP contribution in [-0.4, -0.2) is 17.4 Å². The Bertz CT molecular complexity index is 1040. The Balaban J connectivity index is 1.55. The van der Waals surface area contributed by atoms with Crippen LogP contribution < -0.4 is 10.7 Å². The number of ketones is 1. The number of anilines is 1. The highest BCUT2D eigenvalue weighted by atomic mass is 127. The number of halogens is 1. The fraction of sp³-hybridized carbons (Fsp3) is 0.292. The van der Waals surface area contributed by atoms with Gasteiger partial charge < -0.3 is 5.32 Å². The lowest BCUT2D eigenvalue weighted by Crippen LogP contribution is -2.31. The molecule has 0 aromatic heterocycles. The van der Waals surface area contributed by atoms with Gasteiger partial charge in [-0.15, -0.1) is 0 Å². The molecule has 2 aliphatic rings. The minimum Gasteiger partial charge on any atom is -0.359 e. The zero-order valence-corrected chi connectivity index (χ0v) is 19.0. The van der Waals surface area contributed by atoms with E-state index in [-0.39, 0.29) is 17.6 Å². The van der Waals surface area contributed by atoms with Gasteiger partial charge in [0.25, 0.3) is 0 Å². The first-order chi connectivity index (χ1) is 14.5. The summed E-state index contributed by atoms with van der Waals surface area (Å²) in [6, 6.07) is 16.4. The van der Waals surface area contributed by atoms with E-state index in [1.54, 1.807) is 0 Å². The van der Waals surface area contributed by atoms with Gasteiger partial charge in [0.2, 0.25) is 5.91 Å². The van der Waals surface area contributed by atoms with E-state index < -0.39 is 0 Å². The number of amides is 1. The number of hydrogen-bond donors (Lipinski definition) is 2. The van der Waals surface area contributed by atoms with Crippen LogP contribution in [0, 0.1) is 9.49 Å². The van der Waals surface area contributed by atoms with Crippen molar-refractivity contribution in [2.75, 3.05) is 5.32 Å². The van der Waals surface area contributed by atoms with E-state index in [9.17, 15) is 9.59 Å². The molecule has 0 radical (unpaired) electrons. The van der Waals surface area contributed by atoms with Gasteiger partial charge in [-0.25, -0.2) is 5.43 Å². The molecule has 4 rings (SSSR count). The third-order valence-corrected chi connectivity index (χ3v) is 6.21. The van der Waals surface area contributed by atoms with Crippen LogP contribution in [0.2, 0.25) is 0 Å². The summed E-state index contributed by atoms with van der Waals surface area (Å²) < 4.78 is 1.18.